The SMILES string of the molecule is COCCOC(N)CCN. The van der Waals surface area contributed by atoms with Crippen molar-refractivity contribution in [1.29, 1.82) is 0 Å². The minimum Gasteiger partial charge on any atom is -0.382 e. The number of rotatable bonds is 6. The molecule has 1 atom stereocenters. The third-order valence-electron chi connectivity index (χ3n) is 1.07. The molecule has 0 aliphatic heterocycles. The van der Waals surface area contributed by atoms with E-state index in [2.05, 4.69) is 0 Å². The van der Waals surface area contributed by atoms with Gasteiger partial charge in [0.15, 0.2) is 0 Å². The van der Waals surface area contributed by atoms with Crippen LogP contribution in [0.3, 0.4) is 0 Å². The second-order valence-electron chi connectivity index (χ2n) is 1.98. The van der Waals surface area contributed by atoms with Crippen molar-refractivity contribution in [2.45, 2.75) is 12.6 Å². The lowest BCUT2D eigenvalue weighted by Gasteiger charge is -2.10. The molecule has 4 heteroatoms. The Hall–Kier alpha value is -0.160. The van der Waals surface area contributed by atoms with Gasteiger partial charge in [-0.25, -0.2) is 0 Å². The van der Waals surface area contributed by atoms with Crippen LogP contribution in [-0.4, -0.2) is 33.1 Å². The molecule has 0 spiro atoms. The van der Waals surface area contributed by atoms with Gasteiger partial charge in [0.05, 0.1) is 13.2 Å². The highest BCUT2D eigenvalue weighted by atomic mass is 16.5. The molecule has 0 saturated carbocycles. The van der Waals surface area contributed by atoms with Gasteiger partial charge in [0.25, 0.3) is 0 Å². The topological polar surface area (TPSA) is 70.5 Å². The fourth-order valence-corrected chi connectivity index (χ4v) is 0.530. The summed E-state index contributed by atoms with van der Waals surface area (Å²) in [6.07, 6.45) is 0.462. The monoisotopic (exact) mass is 148 g/mol. The lowest BCUT2D eigenvalue weighted by atomic mass is 10.4. The van der Waals surface area contributed by atoms with Gasteiger partial charge in [0.2, 0.25) is 0 Å². The number of ether oxygens (including phenoxy) is 2. The zero-order valence-corrected chi connectivity index (χ0v) is 6.38. The van der Waals surface area contributed by atoms with Crippen LogP contribution in [0.15, 0.2) is 0 Å². The first-order valence-corrected chi connectivity index (χ1v) is 3.37. The first kappa shape index (κ1) is 9.84. The van der Waals surface area contributed by atoms with Crippen molar-refractivity contribution in [2.75, 3.05) is 26.9 Å². The number of hydrogen-bond donors (Lipinski definition) is 2. The standard InChI is InChI=1S/C6H16N2O2/c1-9-4-5-10-6(8)2-3-7/h6H,2-5,7-8H2,1H3. The fraction of sp³-hybridized carbons (Fsp3) is 1.00. The van der Waals surface area contributed by atoms with Crippen LogP contribution in [0.5, 0.6) is 0 Å². The summed E-state index contributed by atoms with van der Waals surface area (Å²) in [5.41, 5.74) is 10.7. The van der Waals surface area contributed by atoms with E-state index in [0.29, 0.717) is 26.2 Å². The van der Waals surface area contributed by atoms with E-state index in [4.69, 9.17) is 20.9 Å². The molecule has 0 heterocycles. The van der Waals surface area contributed by atoms with E-state index >= 15 is 0 Å². The Bertz CT molecular complexity index is 70.8. The zero-order chi connectivity index (χ0) is 7.82. The van der Waals surface area contributed by atoms with E-state index < -0.39 is 0 Å². The summed E-state index contributed by atoms with van der Waals surface area (Å²) >= 11 is 0. The molecule has 4 N–H and O–H groups in total. The summed E-state index contributed by atoms with van der Waals surface area (Å²) in [5.74, 6) is 0. The van der Waals surface area contributed by atoms with Gasteiger partial charge in [-0.2, -0.15) is 0 Å². The summed E-state index contributed by atoms with van der Waals surface area (Å²) in [5, 5.41) is 0. The van der Waals surface area contributed by atoms with Crippen LogP contribution in [0, 0.1) is 0 Å². The Labute approximate surface area is 61.5 Å². The van der Waals surface area contributed by atoms with Gasteiger partial charge in [0, 0.05) is 7.11 Å². The number of methoxy groups -OCH3 is 1. The summed E-state index contributed by atoms with van der Waals surface area (Å²) < 4.78 is 9.85. The molecular formula is C6H16N2O2. The van der Waals surface area contributed by atoms with Crippen molar-refractivity contribution < 1.29 is 9.47 Å². The smallest absolute Gasteiger partial charge is 0.106 e. The quantitative estimate of drug-likeness (QED) is 0.385. The van der Waals surface area contributed by atoms with Crippen LogP contribution in [0.25, 0.3) is 0 Å². The molecule has 0 aliphatic carbocycles. The molecule has 0 aromatic rings. The fourth-order valence-electron chi connectivity index (χ4n) is 0.530. The van der Waals surface area contributed by atoms with Crippen LogP contribution in [0.1, 0.15) is 6.42 Å². The Morgan fingerprint density at radius 1 is 1.40 bits per heavy atom. The molecule has 10 heavy (non-hydrogen) atoms. The summed E-state index contributed by atoms with van der Waals surface area (Å²) in [7, 11) is 1.62. The van der Waals surface area contributed by atoms with Gasteiger partial charge in [-0.1, -0.05) is 0 Å². The maximum atomic E-state index is 5.47. The zero-order valence-electron chi connectivity index (χ0n) is 6.38. The first-order valence-electron chi connectivity index (χ1n) is 3.37. The largest absolute Gasteiger partial charge is 0.382 e. The number of nitrogens with two attached hydrogens (primary N) is 2. The summed E-state index contributed by atoms with van der Waals surface area (Å²) in [6, 6.07) is 0. The second-order valence-corrected chi connectivity index (χ2v) is 1.98. The summed E-state index contributed by atoms with van der Waals surface area (Å²) in [6.45, 7) is 1.68. The van der Waals surface area contributed by atoms with Crippen LogP contribution >= 0.6 is 0 Å². The van der Waals surface area contributed by atoms with Crippen molar-refractivity contribution in [3.8, 4) is 0 Å². The average molecular weight is 148 g/mol. The molecule has 62 valence electrons. The van der Waals surface area contributed by atoms with Gasteiger partial charge < -0.3 is 20.9 Å². The van der Waals surface area contributed by atoms with Gasteiger partial charge in [0.1, 0.15) is 6.23 Å². The van der Waals surface area contributed by atoms with Crippen molar-refractivity contribution >= 4 is 0 Å². The molecule has 0 fully saturated rings. The molecule has 4 nitrogen and oxygen atoms in total. The average Bonchev–Trinajstić information content (AvgIpc) is 1.89. The predicted octanol–water partition coefficient (Wildman–Crippen LogP) is -0.717. The van der Waals surface area contributed by atoms with Crippen molar-refractivity contribution in [3.05, 3.63) is 0 Å². The molecule has 0 saturated heterocycles. The van der Waals surface area contributed by atoms with E-state index in [1.54, 1.807) is 7.11 Å². The van der Waals surface area contributed by atoms with Crippen LogP contribution in [0.4, 0.5) is 0 Å². The van der Waals surface area contributed by atoms with Gasteiger partial charge in [-0.15, -0.1) is 0 Å². The molecule has 0 aliphatic rings. The van der Waals surface area contributed by atoms with Crippen molar-refractivity contribution in [1.82, 2.24) is 0 Å². The first-order chi connectivity index (χ1) is 4.81. The Morgan fingerprint density at radius 3 is 2.60 bits per heavy atom. The van der Waals surface area contributed by atoms with Crippen molar-refractivity contribution in [3.63, 3.8) is 0 Å². The third-order valence-corrected chi connectivity index (χ3v) is 1.07. The minimum atomic E-state index is -0.236. The highest BCUT2D eigenvalue weighted by Gasteiger charge is 1.98. The highest BCUT2D eigenvalue weighted by Crippen LogP contribution is 1.87. The number of hydrogen-bond acceptors (Lipinski definition) is 4. The molecule has 0 aromatic heterocycles. The van der Waals surface area contributed by atoms with Crippen molar-refractivity contribution in [2.24, 2.45) is 11.5 Å². The lowest BCUT2D eigenvalue weighted by Crippen LogP contribution is -2.28. The van der Waals surface area contributed by atoms with Crippen LogP contribution in [-0.2, 0) is 9.47 Å². The molecule has 1 unspecified atom stereocenters. The second kappa shape index (κ2) is 6.95. The Morgan fingerprint density at radius 2 is 2.10 bits per heavy atom. The normalized spacial score (nSPS) is 13.5. The van der Waals surface area contributed by atoms with Crippen LogP contribution < -0.4 is 11.5 Å². The van der Waals surface area contributed by atoms with E-state index in [-0.39, 0.29) is 6.23 Å². The van der Waals surface area contributed by atoms with Gasteiger partial charge >= 0.3 is 0 Å². The molecule has 0 aromatic carbocycles. The maximum Gasteiger partial charge on any atom is 0.106 e. The van der Waals surface area contributed by atoms with Crippen LogP contribution in [0.2, 0.25) is 0 Å². The maximum absolute atomic E-state index is 5.47. The molecule has 0 bridgehead atoms. The Balaban J connectivity index is 2.97. The molecule has 0 rings (SSSR count). The highest BCUT2D eigenvalue weighted by molar-refractivity contribution is 4.47. The van der Waals surface area contributed by atoms with E-state index in [9.17, 15) is 0 Å². The molecular weight excluding hydrogens is 132 g/mol. The summed E-state index contributed by atoms with van der Waals surface area (Å²) in [4.78, 5) is 0. The lowest BCUT2D eigenvalue weighted by molar-refractivity contribution is 0.0177. The molecule has 0 amide bonds. The van der Waals surface area contributed by atoms with Gasteiger partial charge in [-0.3, -0.25) is 0 Å². The van der Waals surface area contributed by atoms with Gasteiger partial charge in [-0.05, 0) is 13.0 Å². The van der Waals surface area contributed by atoms with E-state index in [0.717, 1.165) is 0 Å². The predicted molar refractivity (Wildman–Crippen MR) is 39.5 cm³/mol. The van der Waals surface area contributed by atoms with E-state index in [1.165, 1.54) is 0 Å². The molecule has 0 radical (unpaired) electrons. The third kappa shape index (κ3) is 5.97. The minimum absolute atomic E-state index is 0.236. The Kier molecular flexibility index (Phi) is 6.84. The van der Waals surface area contributed by atoms with E-state index in [1.807, 2.05) is 0 Å².